The van der Waals surface area contributed by atoms with E-state index in [0.717, 1.165) is 16.8 Å². The zero-order valence-electron chi connectivity index (χ0n) is 14.9. The fraction of sp³-hybridized carbons (Fsp3) is 0.0500. The van der Waals surface area contributed by atoms with Crippen molar-refractivity contribution in [3.63, 3.8) is 0 Å². The van der Waals surface area contributed by atoms with Gasteiger partial charge in [-0.2, -0.15) is 0 Å². The van der Waals surface area contributed by atoms with Gasteiger partial charge in [-0.3, -0.25) is 4.79 Å². The summed E-state index contributed by atoms with van der Waals surface area (Å²) in [4.78, 5) is 20.9. The van der Waals surface area contributed by atoms with Crippen LogP contribution in [0.25, 0.3) is 22.5 Å². The van der Waals surface area contributed by atoms with Gasteiger partial charge in [0.15, 0.2) is 5.13 Å². The lowest BCUT2D eigenvalue weighted by Gasteiger charge is -2.02. The van der Waals surface area contributed by atoms with Crippen LogP contribution in [0.5, 0.6) is 0 Å². The molecule has 29 heavy (non-hydrogen) atoms. The zero-order valence-corrected chi connectivity index (χ0v) is 17.3. The van der Waals surface area contributed by atoms with Gasteiger partial charge in [0.05, 0.1) is 17.6 Å². The highest BCUT2D eigenvalue weighted by Gasteiger charge is 2.10. The number of nitrogens with zero attached hydrogens (tertiary/aromatic N) is 4. The summed E-state index contributed by atoms with van der Waals surface area (Å²) in [5, 5.41) is 14.6. The van der Waals surface area contributed by atoms with Crippen LogP contribution in [-0.2, 0) is 4.79 Å². The highest BCUT2D eigenvalue weighted by Crippen LogP contribution is 2.26. The Morgan fingerprint density at radius 2 is 1.76 bits per heavy atom. The second-order valence-electron chi connectivity index (χ2n) is 5.87. The largest absolute Gasteiger partial charge is 0.301 e. The van der Waals surface area contributed by atoms with E-state index < -0.39 is 0 Å². The lowest BCUT2D eigenvalue weighted by Crippen LogP contribution is -2.14. The van der Waals surface area contributed by atoms with Crippen molar-refractivity contribution in [2.45, 2.75) is 5.16 Å². The predicted molar refractivity (Wildman–Crippen MR) is 117 cm³/mol. The third kappa shape index (κ3) is 5.17. The highest BCUT2D eigenvalue weighted by molar-refractivity contribution is 7.99. The van der Waals surface area contributed by atoms with Crippen LogP contribution in [0, 0.1) is 0 Å². The summed E-state index contributed by atoms with van der Waals surface area (Å²) in [7, 11) is 0. The smallest absolute Gasteiger partial charge is 0.236 e. The first-order chi connectivity index (χ1) is 14.2. The van der Waals surface area contributed by atoms with Crippen molar-refractivity contribution in [1.29, 1.82) is 0 Å². The molecular formula is C20H14ClN5OS2. The van der Waals surface area contributed by atoms with Crippen molar-refractivity contribution in [1.82, 2.24) is 20.2 Å². The molecular weight excluding hydrogens is 426 g/mol. The SMILES string of the molecule is O=C(CSc1ncc(-c2ccccc2)nn1)Nc1nc(-c2ccc(Cl)cc2)cs1. The van der Waals surface area contributed by atoms with E-state index >= 15 is 0 Å². The molecule has 0 saturated heterocycles. The Bertz CT molecular complexity index is 1100. The molecule has 1 N–H and O–H groups in total. The monoisotopic (exact) mass is 439 g/mol. The second kappa shape index (κ2) is 9.13. The van der Waals surface area contributed by atoms with Gasteiger partial charge in [0.25, 0.3) is 0 Å². The van der Waals surface area contributed by atoms with Crippen LogP contribution in [0.15, 0.2) is 71.3 Å². The summed E-state index contributed by atoms with van der Waals surface area (Å²) < 4.78 is 0. The van der Waals surface area contributed by atoms with Crippen molar-refractivity contribution in [3.8, 4) is 22.5 Å². The van der Waals surface area contributed by atoms with Crippen molar-refractivity contribution < 1.29 is 4.79 Å². The Hall–Kier alpha value is -2.81. The molecule has 4 aromatic rings. The molecule has 0 unspecified atom stereocenters. The summed E-state index contributed by atoms with van der Waals surface area (Å²) >= 11 is 8.50. The first-order valence-electron chi connectivity index (χ1n) is 8.56. The predicted octanol–water partition coefficient (Wildman–Crippen LogP) is 5.05. The minimum atomic E-state index is -0.178. The Kier molecular flexibility index (Phi) is 6.14. The Labute approximate surface area is 180 Å². The average molecular weight is 440 g/mol. The molecule has 0 radical (unpaired) electrons. The molecule has 0 bridgehead atoms. The molecule has 144 valence electrons. The zero-order chi connectivity index (χ0) is 20.1. The van der Waals surface area contributed by atoms with E-state index in [1.54, 1.807) is 6.20 Å². The molecule has 0 fully saturated rings. The number of carbonyl (C=O) groups is 1. The molecule has 0 aliphatic carbocycles. The number of amides is 1. The van der Waals surface area contributed by atoms with Gasteiger partial charge < -0.3 is 5.32 Å². The van der Waals surface area contributed by atoms with E-state index in [2.05, 4.69) is 25.5 Å². The number of halogens is 1. The van der Waals surface area contributed by atoms with Crippen molar-refractivity contribution >= 4 is 45.7 Å². The van der Waals surface area contributed by atoms with Gasteiger partial charge in [0.1, 0.15) is 5.69 Å². The quantitative estimate of drug-likeness (QED) is 0.423. The molecule has 0 saturated carbocycles. The fourth-order valence-corrected chi connectivity index (χ4v) is 3.86. The third-order valence-electron chi connectivity index (χ3n) is 3.83. The molecule has 0 aliphatic heterocycles. The standard InChI is InChI=1S/C20H14ClN5OS2/c21-15-8-6-14(7-9-15)17-11-28-20(23-17)24-18(27)12-29-19-22-10-16(25-26-19)13-4-2-1-3-5-13/h1-11H,12H2,(H,23,24,27). The van der Waals surface area contributed by atoms with E-state index in [4.69, 9.17) is 11.6 Å². The number of rotatable bonds is 6. The lowest BCUT2D eigenvalue weighted by atomic mass is 10.2. The number of aromatic nitrogens is 4. The van der Waals surface area contributed by atoms with Crippen LogP contribution >= 0.6 is 34.7 Å². The fourth-order valence-electron chi connectivity index (χ4n) is 2.44. The number of anilines is 1. The molecule has 9 heteroatoms. The van der Waals surface area contributed by atoms with E-state index in [-0.39, 0.29) is 11.7 Å². The van der Waals surface area contributed by atoms with Gasteiger partial charge in [-0.25, -0.2) is 9.97 Å². The van der Waals surface area contributed by atoms with Crippen LogP contribution in [0.3, 0.4) is 0 Å². The molecule has 6 nitrogen and oxygen atoms in total. The topological polar surface area (TPSA) is 80.7 Å². The van der Waals surface area contributed by atoms with Crippen molar-refractivity contribution in [2.75, 3.05) is 11.1 Å². The van der Waals surface area contributed by atoms with E-state index in [1.165, 1.54) is 23.1 Å². The number of benzene rings is 2. The molecule has 2 aromatic carbocycles. The number of thiazole rings is 1. The summed E-state index contributed by atoms with van der Waals surface area (Å²) in [5.74, 6) is -0.00915. The number of carbonyl (C=O) groups excluding carboxylic acids is 1. The van der Waals surface area contributed by atoms with Gasteiger partial charge in [0.2, 0.25) is 11.1 Å². The van der Waals surface area contributed by atoms with E-state index in [9.17, 15) is 4.79 Å². The number of hydrogen-bond donors (Lipinski definition) is 1. The highest BCUT2D eigenvalue weighted by atomic mass is 35.5. The third-order valence-corrected chi connectivity index (χ3v) is 5.69. The Morgan fingerprint density at radius 3 is 2.48 bits per heavy atom. The molecule has 2 heterocycles. The molecule has 0 spiro atoms. The van der Waals surface area contributed by atoms with Gasteiger partial charge in [-0.1, -0.05) is 65.8 Å². The van der Waals surface area contributed by atoms with Crippen LogP contribution in [0.4, 0.5) is 5.13 Å². The summed E-state index contributed by atoms with van der Waals surface area (Å²) in [5.41, 5.74) is 3.37. The van der Waals surface area contributed by atoms with Crippen molar-refractivity contribution in [2.24, 2.45) is 0 Å². The lowest BCUT2D eigenvalue weighted by molar-refractivity contribution is -0.113. The van der Waals surface area contributed by atoms with Crippen LogP contribution in [-0.4, -0.2) is 31.8 Å². The first kappa shape index (κ1) is 19.5. The average Bonchev–Trinajstić information content (AvgIpc) is 3.22. The van der Waals surface area contributed by atoms with Gasteiger partial charge in [0, 0.05) is 21.5 Å². The van der Waals surface area contributed by atoms with Gasteiger partial charge in [-0.05, 0) is 12.1 Å². The minimum absolute atomic E-state index is 0.169. The molecule has 2 aromatic heterocycles. The van der Waals surface area contributed by atoms with Gasteiger partial charge >= 0.3 is 0 Å². The molecule has 4 rings (SSSR count). The van der Waals surface area contributed by atoms with Crippen LogP contribution in [0.1, 0.15) is 0 Å². The van der Waals surface area contributed by atoms with Gasteiger partial charge in [-0.15, -0.1) is 21.5 Å². The maximum absolute atomic E-state index is 12.2. The van der Waals surface area contributed by atoms with Crippen LogP contribution < -0.4 is 5.32 Å². The first-order valence-corrected chi connectivity index (χ1v) is 10.8. The number of nitrogens with one attached hydrogen (secondary N) is 1. The summed E-state index contributed by atoms with van der Waals surface area (Å²) in [6.07, 6.45) is 1.65. The minimum Gasteiger partial charge on any atom is -0.301 e. The van der Waals surface area contributed by atoms with Crippen LogP contribution in [0.2, 0.25) is 5.02 Å². The second-order valence-corrected chi connectivity index (χ2v) is 8.11. The van der Waals surface area contributed by atoms with E-state index in [1.807, 2.05) is 60.0 Å². The normalized spacial score (nSPS) is 10.7. The Morgan fingerprint density at radius 1 is 1.00 bits per heavy atom. The molecule has 0 aliphatic rings. The van der Waals surface area contributed by atoms with Crippen molar-refractivity contribution in [3.05, 3.63) is 71.2 Å². The summed E-state index contributed by atoms with van der Waals surface area (Å²) in [6, 6.07) is 17.1. The number of hydrogen-bond acceptors (Lipinski definition) is 7. The number of thioether (sulfide) groups is 1. The van der Waals surface area contributed by atoms with E-state index in [0.29, 0.717) is 21.0 Å². The molecule has 0 atom stereocenters. The Balaban J connectivity index is 1.32. The summed E-state index contributed by atoms with van der Waals surface area (Å²) in [6.45, 7) is 0. The maximum Gasteiger partial charge on any atom is 0.236 e. The molecule has 1 amide bonds. The maximum atomic E-state index is 12.2.